The van der Waals surface area contributed by atoms with Gasteiger partial charge in [-0.3, -0.25) is 0 Å². The molecule has 1 saturated heterocycles. The summed E-state index contributed by atoms with van der Waals surface area (Å²) in [5.41, 5.74) is 0.594. The summed E-state index contributed by atoms with van der Waals surface area (Å²) >= 11 is 0. The fourth-order valence-corrected chi connectivity index (χ4v) is 3.39. The first kappa shape index (κ1) is 15.0. The van der Waals surface area contributed by atoms with E-state index in [0.29, 0.717) is 5.41 Å². The van der Waals surface area contributed by atoms with Crippen molar-refractivity contribution in [1.29, 1.82) is 0 Å². The van der Waals surface area contributed by atoms with Gasteiger partial charge in [0.1, 0.15) is 0 Å². The molecule has 0 aromatic heterocycles. The summed E-state index contributed by atoms with van der Waals surface area (Å²) in [5, 5.41) is 0. The predicted octanol–water partition coefficient (Wildman–Crippen LogP) is 4.86. The lowest BCUT2D eigenvalue weighted by Crippen LogP contribution is -2.54. The Morgan fingerprint density at radius 1 is 1.00 bits per heavy atom. The van der Waals surface area contributed by atoms with Crippen LogP contribution in [0.4, 0.5) is 0 Å². The van der Waals surface area contributed by atoms with Crippen molar-refractivity contribution >= 4 is 0 Å². The maximum atomic E-state index is 2.58. The van der Waals surface area contributed by atoms with E-state index in [1.807, 2.05) is 0 Å². The van der Waals surface area contributed by atoms with Crippen LogP contribution in [0.15, 0.2) is 0 Å². The molecule has 17 heavy (non-hydrogen) atoms. The van der Waals surface area contributed by atoms with Gasteiger partial charge in [-0.15, -0.1) is 0 Å². The number of hydrogen-bond acceptors (Lipinski definition) is 1. The Balaban J connectivity index is 2.40. The van der Waals surface area contributed by atoms with Gasteiger partial charge >= 0.3 is 0 Å². The summed E-state index contributed by atoms with van der Waals surface area (Å²) in [6, 6.07) is 0.871. The molecule has 0 saturated carbocycles. The van der Waals surface area contributed by atoms with Crippen molar-refractivity contribution in [2.75, 3.05) is 13.6 Å². The van der Waals surface area contributed by atoms with Crippen molar-refractivity contribution in [3.63, 3.8) is 0 Å². The molecule has 0 aromatic carbocycles. The molecule has 2 atom stereocenters. The average molecular weight is 239 g/mol. The van der Waals surface area contributed by atoms with Crippen molar-refractivity contribution in [2.24, 2.45) is 5.41 Å². The molecule has 1 heterocycles. The molecule has 1 heteroatoms. The molecule has 1 fully saturated rings. The van der Waals surface area contributed by atoms with E-state index in [1.54, 1.807) is 0 Å². The van der Waals surface area contributed by atoms with Crippen LogP contribution in [0, 0.1) is 5.41 Å². The molecular weight excluding hydrogens is 206 g/mol. The van der Waals surface area contributed by atoms with Gasteiger partial charge in [-0.1, -0.05) is 59.3 Å². The normalized spacial score (nSPS) is 24.4. The molecule has 0 bridgehead atoms. The van der Waals surface area contributed by atoms with Crippen LogP contribution in [0.5, 0.6) is 0 Å². The smallest absolute Gasteiger partial charge is 0.0158 e. The SMILES string of the molecule is CCCCCCC(C)(CCCC)C1CCN1C. The highest BCUT2D eigenvalue weighted by atomic mass is 15.2. The summed E-state index contributed by atoms with van der Waals surface area (Å²) in [6.07, 6.45) is 12.7. The number of hydrogen-bond donors (Lipinski definition) is 0. The minimum Gasteiger partial charge on any atom is -0.303 e. The molecule has 2 unspecified atom stereocenters. The Labute approximate surface area is 109 Å². The summed E-state index contributed by atoms with van der Waals surface area (Å²) < 4.78 is 0. The van der Waals surface area contributed by atoms with Crippen molar-refractivity contribution in [1.82, 2.24) is 4.90 Å². The first-order valence-electron chi connectivity index (χ1n) is 7.84. The quantitative estimate of drug-likeness (QED) is 0.519. The third kappa shape index (κ3) is 4.28. The zero-order valence-electron chi connectivity index (χ0n) is 12.6. The molecule has 0 N–H and O–H groups in total. The van der Waals surface area contributed by atoms with Crippen LogP contribution in [0.2, 0.25) is 0 Å². The number of likely N-dealkylation sites (tertiary alicyclic amines) is 1. The monoisotopic (exact) mass is 239 g/mol. The number of unbranched alkanes of at least 4 members (excludes halogenated alkanes) is 4. The van der Waals surface area contributed by atoms with Crippen LogP contribution in [0.1, 0.15) is 78.6 Å². The highest BCUT2D eigenvalue weighted by Gasteiger charge is 2.40. The van der Waals surface area contributed by atoms with Gasteiger partial charge in [0.2, 0.25) is 0 Å². The zero-order chi connectivity index (χ0) is 12.7. The lowest BCUT2D eigenvalue weighted by Gasteiger charge is -2.50. The highest BCUT2D eigenvalue weighted by molar-refractivity contribution is 4.94. The first-order valence-corrected chi connectivity index (χ1v) is 7.84. The Bertz CT molecular complexity index is 202. The van der Waals surface area contributed by atoms with E-state index in [9.17, 15) is 0 Å². The van der Waals surface area contributed by atoms with Gasteiger partial charge in [0.15, 0.2) is 0 Å². The zero-order valence-corrected chi connectivity index (χ0v) is 12.6. The van der Waals surface area contributed by atoms with Gasteiger partial charge in [0.05, 0.1) is 0 Å². The lowest BCUT2D eigenvalue weighted by molar-refractivity contribution is 0.000859. The van der Waals surface area contributed by atoms with Gasteiger partial charge in [-0.25, -0.2) is 0 Å². The van der Waals surface area contributed by atoms with E-state index in [1.165, 1.54) is 64.3 Å². The highest BCUT2D eigenvalue weighted by Crippen LogP contribution is 2.41. The lowest BCUT2D eigenvalue weighted by atomic mass is 9.69. The molecule has 1 nitrogen and oxygen atoms in total. The van der Waals surface area contributed by atoms with Crippen molar-refractivity contribution in [2.45, 2.75) is 84.6 Å². The Morgan fingerprint density at radius 3 is 2.12 bits per heavy atom. The van der Waals surface area contributed by atoms with Gasteiger partial charge in [0, 0.05) is 6.04 Å². The fourth-order valence-electron chi connectivity index (χ4n) is 3.39. The van der Waals surface area contributed by atoms with Gasteiger partial charge in [0.25, 0.3) is 0 Å². The summed E-state index contributed by atoms with van der Waals surface area (Å²) in [4.78, 5) is 2.58. The van der Waals surface area contributed by atoms with Crippen LogP contribution in [0.25, 0.3) is 0 Å². The third-order valence-electron chi connectivity index (χ3n) is 4.79. The van der Waals surface area contributed by atoms with Crippen molar-refractivity contribution in [3.05, 3.63) is 0 Å². The molecular formula is C16H33N. The molecule has 1 aliphatic heterocycles. The number of nitrogens with zero attached hydrogens (tertiary/aromatic N) is 1. The van der Waals surface area contributed by atoms with E-state index in [0.717, 1.165) is 6.04 Å². The second-order valence-electron chi connectivity index (χ2n) is 6.35. The van der Waals surface area contributed by atoms with E-state index in [2.05, 4.69) is 32.7 Å². The molecule has 0 aliphatic carbocycles. The molecule has 0 aromatic rings. The van der Waals surface area contributed by atoms with E-state index >= 15 is 0 Å². The Kier molecular flexibility index (Phi) is 6.54. The summed E-state index contributed by atoms with van der Waals surface area (Å²) in [6.45, 7) is 8.49. The largest absolute Gasteiger partial charge is 0.303 e. The van der Waals surface area contributed by atoms with E-state index < -0.39 is 0 Å². The molecule has 102 valence electrons. The van der Waals surface area contributed by atoms with Crippen LogP contribution in [-0.4, -0.2) is 24.5 Å². The van der Waals surface area contributed by atoms with Gasteiger partial charge in [-0.05, 0) is 38.3 Å². The topological polar surface area (TPSA) is 3.24 Å². The van der Waals surface area contributed by atoms with E-state index in [4.69, 9.17) is 0 Å². The van der Waals surface area contributed by atoms with Crippen LogP contribution in [0.3, 0.4) is 0 Å². The van der Waals surface area contributed by atoms with Crippen molar-refractivity contribution in [3.8, 4) is 0 Å². The van der Waals surface area contributed by atoms with Gasteiger partial charge < -0.3 is 4.90 Å². The fraction of sp³-hybridized carbons (Fsp3) is 1.00. The third-order valence-corrected chi connectivity index (χ3v) is 4.79. The molecule has 0 spiro atoms. The van der Waals surface area contributed by atoms with Gasteiger partial charge in [-0.2, -0.15) is 0 Å². The summed E-state index contributed by atoms with van der Waals surface area (Å²) in [5.74, 6) is 0. The average Bonchev–Trinajstić information content (AvgIpc) is 2.30. The minimum absolute atomic E-state index is 0.594. The van der Waals surface area contributed by atoms with Crippen molar-refractivity contribution < 1.29 is 0 Å². The van der Waals surface area contributed by atoms with E-state index in [-0.39, 0.29) is 0 Å². The Morgan fingerprint density at radius 2 is 1.65 bits per heavy atom. The maximum Gasteiger partial charge on any atom is 0.0158 e. The Hall–Kier alpha value is -0.0400. The number of rotatable bonds is 9. The second kappa shape index (κ2) is 7.41. The van der Waals surface area contributed by atoms with Crippen LogP contribution < -0.4 is 0 Å². The minimum atomic E-state index is 0.594. The molecule has 1 rings (SSSR count). The van der Waals surface area contributed by atoms with Crippen LogP contribution >= 0.6 is 0 Å². The first-order chi connectivity index (χ1) is 8.14. The van der Waals surface area contributed by atoms with Crippen LogP contribution in [-0.2, 0) is 0 Å². The predicted molar refractivity (Wildman–Crippen MR) is 77.4 cm³/mol. The summed E-state index contributed by atoms with van der Waals surface area (Å²) in [7, 11) is 2.31. The molecule has 0 amide bonds. The second-order valence-corrected chi connectivity index (χ2v) is 6.35. The standard InChI is InChI=1S/C16H33N/c1-5-7-9-10-13-16(3,12-8-6-2)15-11-14-17(15)4/h15H,5-14H2,1-4H3. The molecule has 0 radical (unpaired) electrons. The maximum absolute atomic E-state index is 2.58. The molecule has 1 aliphatic rings.